The fourth-order valence-electron chi connectivity index (χ4n) is 1.98. The van der Waals surface area contributed by atoms with Gasteiger partial charge in [0.25, 0.3) is 0 Å². The van der Waals surface area contributed by atoms with Crippen LogP contribution in [0.1, 0.15) is 11.4 Å². The van der Waals surface area contributed by atoms with Crippen molar-refractivity contribution in [2.24, 2.45) is 0 Å². The van der Waals surface area contributed by atoms with Gasteiger partial charge >= 0.3 is 0 Å². The van der Waals surface area contributed by atoms with Crippen LogP contribution >= 0.6 is 22.6 Å². The van der Waals surface area contributed by atoms with Crippen LogP contribution in [0.15, 0.2) is 48.5 Å². The molecule has 0 aliphatic carbocycles. The van der Waals surface area contributed by atoms with Crippen LogP contribution in [0.2, 0.25) is 0 Å². The number of H-pyrrole nitrogens is 1. The van der Waals surface area contributed by atoms with E-state index in [2.05, 4.69) is 38.6 Å². The molecule has 0 saturated heterocycles. The molecule has 0 radical (unpaired) electrons. The van der Waals surface area contributed by atoms with Crippen molar-refractivity contribution in [1.82, 2.24) is 9.97 Å². The summed E-state index contributed by atoms with van der Waals surface area (Å²) in [6, 6.07) is 17.9. The van der Waals surface area contributed by atoms with E-state index in [4.69, 9.17) is 0 Å². The molecule has 96 valence electrons. The summed E-state index contributed by atoms with van der Waals surface area (Å²) in [5.74, 6) is 0.605. The summed E-state index contributed by atoms with van der Waals surface area (Å²) in [5.41, 5.74) is 3.35. The van der Waals surface area contributed by atoms with E-state index >= 15 is 0 Å². The summed E-state index contributed by atoms with van der Waals surface area (Å²) in [4.78, 5) is 7.64. The minimum atomic E-state index is 0.533. The number of fused-ring (bicyclic) bond motifs is 1. The fourth-order valence-corrected chi connectivity index (χ4v) is 2.52. The minimum Gasteiger partial charge on any atom is -0.337 e. The first-order valence-corrected chi connectivity index (χ1v) is 7.17. The molecule has 0 aliphatic rings. The highest BCUT2D eigenvalue weighted by Gasteiger charge is 2.08. The lowest BCUT2D eigenvalue weighted by Gasteiger charge is -1.98. The number of benzene rings is 2. The van der Waals surface area contributed by atoms with Crippen LogP contribution in [0.5, 0.6) is 0 Å². The first kappa shape index (κ1) is 12.9. The third-order valence-corrected chi connectivity index (χ3v) is 3.95. The van der Waals surface area contributed by atoms with E-state index in [9.17, 15) is 5.26 Å². The minimum absolute atomic E-state index is 0.533. The molecule has 0 fully saturated rings. The molecule has 0 atom stereocenters. The highest BCUT2D eigenvalue weighted by molar-refractivity contribution is 14.1. The molecule has 0 amide bonds. The van der Waals surface area contributed by atoms with Crippen molar-refractivity contribution < 1.29 is 0 Å². The lowest BCUT2D eigenvalue weighted by atomic mass is 10.1. The quantitative estimate of drug-likeness (QED) is 0.542. The van der Waals surface area contributed by atoms with Crippen LogP contribution < -0.4 is 0 Å². The van der Waals surface area contributed by atoms with E-state index < -0.39 is 0 Å². The van der Waals surface area contributed by atoms with E-state index in [0.717, 1.165) is 20.2 Å². The maximum Gasteiger partial charge on any atom is 0.149 e. The predicted molar refractivity (Wildman–Crippen MR) is 88.7 cm³/mol. The third-order valence-electron chi connectivity index (χ3n) is 2.97. The summed E-state index contributed by atoms with van der Waals surface area (Å²) in [7, 11) is 0. The van der Waals surface area contributed by atoms with Crippen molar-refractivity contribution in [3.05, 3.63) is 63.5 Å². The lowest BCUT2D eigenvalue weighted by Crippen LogP contribution is -1.86. The van der Waals surface area contributed by atoms with Gasteiger partial charge in [0.05, 0.1) is 16.6 Å². The van der Waals surface area contributed by atoms with E-state index in [-0.39, 0.29) is 0 Å². The van der Waals surface area contributed by atoms with Gasteiger partial charge in [0.1, 0.15) is 11.9 Å². The van der Waals surface area contributed by atoms with Gasteiger partial charge in [-0.3, -0.25) is 0 Å². The molecule has 3 rings (SSSR count). The largest absolute Gasteiger partial charge is 0.337 e. The summed E-state index contributed by atoms with van der Waals surface area (Å²) >= 11 is 2.26. The molecule has 1 N–H and O–H groups in total. The molecule has 0 spiro atoms. The monoisotopic (exact) mass is 371 g/mol. The first-order valence-electron chi connectivity index (χ1n) is 6.09. The van der Waals surface area contributed by atoms with E-state index in [0.29, 0.717) is 11.4 Å². The van der Waals surface area contributed by atoms with Gasteiger partial charge in [-0.25, -0.2) is 4.98 Å². The van der Waals surface area contributed by atoms with Crippen molar-refractivity contribution in [3.8, 4) is 6.07 Å². The molecule has 4 heteroatoms. The molecular formula is C16H10IN3. The van der Waals surface area contributed by atoms with Crippen LogP contribution in [0.4, 0.5) is 0 Å². The van der Waals surface area contributed by atoms with Gasteiger partial charge in [-0.15, -0.1) is 0 Å². The van der Waals surface area contributed by atoms with Gasteiger partial charge in [-0.2, -0.15) is 5.26 Å². The Morgan fingerprint density at radius 1 is 1.15 bits per heavy atom. The second kappa shape index (κ2) is 5.47. The van der Waals surface area contributed by atoms with Crippen molar-refractivity contribution in [1.29, 1.82) is 5.26 Å². The number of halogens is 1. The molecule has 2 aromatic carbocycles. The molecule has 1 heterocycles. The Bertz CT molecular complexity index is 807. The molecular weight excluding hydrogens is 361 g/mol. The maximum absolute atomic E-state index is 9.38. The highest BCUT2D eigenvalue weighted by atomic mass is 127. The number of para-hydroxylation sites is 2. The number of aromatic nitrogens is 2. The number of nitrogens with zero attached hydrogens (tertiary/aromatic N) is 2. The number of aromatic amines is 1. The number of rotatable bonds is 2. The van der Waals surface area contributed by atoms with Crippen molar-refractivity contribution in [3.63, 3.8) is 0 Å². The van der Waals surface area contributed by atoms with E-state index in [1.807, 2.05) is 54.6 Å². The molecule has 1 aromatic heterocycles. The molecule has 0 aliphatic heterocycles. The van der Waals surface area contributed by atoms with Gasteiger partial charge < -0.3 is 4.98 Å². The van der Waals surface area contributed by atoms with Crippen LogP contribution in [0, 0.1) is 14.9 Å². The number of hydrogen-bond donors (Lipinski definition) is 1. The third kappa shape index (κ3) is 2.45. The lowest BCUT2D eigenvalue weighted by molar-refractivity contribution is 1.27. The van der Waals surface area contributed by atoms with Crippen molar-refractivity contribution >= 4 is 45.3 Å². The average molecular weight is 371 g/mol. The summed E-state index contributed by atoms with van der Waals surface area (Å²) in [6.45, 7) is 0. The predicted octanol–water partition coefficient (Wildman–Crippen LogP) is 4.23. The summed E-state index contributed by atoms with van der Waals surface area (Å²) < 4.78 is 1.11. The van der Waals surface area contributed by atoms with Gasteiger partial charge in [0, 0.05) is 3.57 Å². The summed E-state index contributed by atoms with van der Waals surface area (Å²) in [6.07, 6.45) is 1.86. The summed E-state index contributed by atoms with van der Waals surface area (Å²) in [5, 5.41) is 9.38. The molecule has 0 bridgehead atoms. The number of imidazole rings is 1. The Morgan fingerprint density at radius 3 is 2.65 bits per heavy atom. The van der Waals surface area contributed by atoms with Crippen molar-refractivity contribution in [2.75, 3.05) is 0 Å². The number of nitrogens with one attached hydrogen (secondary N) is 1. The number of nitriles is 1. The zero-order valence-electron chi connectivity index (χ0n) is 10.5. The van der Waals surface area contributed by atoms with Gasteiger partial charge in [0.15, 0.2) is 0 Å². The van der Waals surface area contributed by atoms with Crippen molar-refractivity contribution in [2.45, 2.75) is 0 Å². The Labute approximate surface area is 130 Å². The molecule has 0 unspecified atom stereocenters. The fraction of sp³-hybridized carbons (Fsp3) is 0. The Kier molecular flexibility index (Phi) is 3.52. The highest BCUT2D eigenvalue weighted by Crippen LogP contribution is 2.21. The Balaban J connectivity index is 2.10. The zero-order chi connectivity index (χ0) is 13.9. The number of hydrogen-bond acceptors (Lipinski definition) is 2. The SMILES string of the molecule is N#C/C(=C/c1ccccc1I)c1nc2ccccc2[nH]1. The van der Waals surface area contributed by atoms with Crippen LogP contribution in [0.3, 0.4) is 0 Å². The first-order chi connectivity index (χ1) is 9.78. The smallest absolute Gasteiger partial charge is 0.149 e. The maximum atomic E-state index is 9.38. The van der Waals surface area contributed by atoms with Crippen LogP contribution in [-0.4, -0.2) is 9.97 Å². The molecule has 0 saturated carbocycles. The second-order valence-electron chi connectivity index (χ2n) is 4.29. The van der Waals surface area contributed by atoms with Gasteiger partial charge in [-0.05, 0) is 52.4 Å². The van der Waals surface area contributed by atoms with Crippen LogP contribution in [0.25, 0.3) is 22.7 Å². The molecule has 3 aromatic rings. The van der Waals surface area contributed by atoms with Crippen LogP contribution in [-0.2, 0) is 0 Å². The van der Waals surface area contributed by atoms with E-state index in [1.54, 1.807) is 0 Å². The number of allylic oxidation sites excluding steroid dienone is 1. The normalized spacial score (nSPS) is 11.5. The van der Waals surface area contributed by atoms with Gasteiger partial charge in [-0.1, -0.05) is 30.3 Å². The average Bonchev–Trinajstić information content (AvgIpc) is 2.90. The standard InChI is InChI=1S/C16H10IN3/c17-13-6-2-1-5-11(13)9-12(10-18)16-19-14-7-3-4-8-15(14)20-16/h1-9H,(H,19,20)/b12-9-. The van der Waals surface area contributed by atoms with E-state index in [1.165, 1.54) is 0 Å². The molecule has 3 nitrogen and oxygen atoms in total. The van der Waals surface area contributed by atoms with Gasteiger partial charge in [0.2, 0.25) is 0 Å². The molecule has 20 heavy (non-hydrogen) atoms. The zero-order valence-corrected chi connectivity index (χ0v) is 12.6. The second-order valence-corrected chi connectivity index (χ2v) is 5.46. The topological polar surface area (TPSA) is 52.5 Å². The Hall–Kier alpha value is -2.13. The Morgan fingerprint density at radius 2 is 1.90 bits per heavy atom.